The molecular formula is C9H12BrClOS. The molecule has 0 radical (unpaired) electrons. The smallest absolute Gasteiger partial charge is 0.0888 e. The lowest BCUT2D eigenvalue weighted by Crippen LogP contribution is -1.99. The molecule has 1 unspecified atom stereocenters. The fourth-order valence-corrected chi connectivity index (χ4v) is 2.84. The van der Waals surface area contributed by atoms with Gasteiger partial charge >= 0.3 is 0 Å². The highest BCUT2D eigenvalue weighted by atomic mass is 79.9. The van der Waals surface area contributed by atoms with Crippen LogP contribution in [0, 0.1) is 5.92 Å². The molecule has 1 aromatic heterocycles. The van der Waals surface area contributed by atoms with Gasteiger partial charge in [-0.05, 0) is 34.3 Å². The van der Waals surface area contributed by atoms with Crippen molar-refractivity contribution in [3.05, 3.63) is 19.8 Å². The van der Waals surface area contributed by atoms with E-state index in [4.69, 9.17) is 11.6 Å². The van der Waals surface area contributed by atoms with Crippen LogP contribution in [0.25, 0.3) is 0 Å². The summed E-state index contributed by atoms with van der Waals surface area (Å²) in [5.74, 6) is 0.495. The van der Waals surface area contributed by atoms with E-state index in [9.17, 15) is 5.11 Å². The Morgan fingerprint density at radius 2 is 2.23 bits per heavy atom. The summed E-state index contributed by atoms with van der Waals surface area (Å²) in [7, 11) is 0. The van der Waals surface area contributed by atoms with Crippen LogP contribution in [0.4, 0.5) is 0 Å². The van der Waals surface area contributed by atoms with Crippen molar-refractivity contribution in [2.75, 3.05) is 0 Å². The van der Waals surface area contributed by atoms with Crippen molar-refractivity contribution in [1.29, 1.82) is 0 Å². The Labute approximate surface area is 95.9 Å². The zero-order valence-corrected chi connectivity index (χ0v) is 10.7. The normalized spacial score (nSPS) is 13.7. The van der Waals surface area contributed by atoms with Gasteiger partial charge < -0.3 is 5.11 Å². The summed E-state index contributed by atoms with van der Waals surface area (Å²) < 4.78 is 0.895. The molecule has 1 aromatic rings. The van der Waals surface area contributed by atoms with Crippen molar-refractivity contribution in [3.63, 3.8) is 0 Å². The van der Waals surface area contributed by atoms with Gasteiger partial charge in [0.2, 0.25) is 0 Å². The van der Waals surface area contributed by atoms with E-state index in [0.717, 1.165) is 15.1 Å². The number of aliphatic hydroxyl groups is 1. The molecule has 4 heteroatoms. The summed E-state index contributed by atoms with van der Waals surface area (Å²) in [5, 5.41) is 10.4. The number of hydrogen-bond donors (Lipinski definition) is 1. The highest BCUT2D eigenvalue weighted by Gasteiger charge is 2.14. The average molecular weight is 284 g/mol. The quantitative estimate of drug-likeness (QED) is 0.879. The number of hydrogen-bond acceptors (Lipinski definition) is 2. The summed E-state index contributed by atoms with van der Waals surface area (Å²) >= 11 is 10.7. The van der Waals surface area contributed by atoms with E-state index in [2.05, 4.69) is 29.8 Å². The Hall–Kier alpha value is 0.430. The standard InChI is InChI=1S/C9H12BrClOS/c1-5(2)3-7(12)8-4-6(11)9(10)13-8/h4-5,7,12H,3H2,1-2H3. The lowest BCUT2D eigenvalue weighted by Gasteiger charge is -2.10. The van der Waals surface area contributed by atoms with Crippen LogP contribution in [-0.4, -0.2) is 5.11 Å². The van der Waals surface area contributed by atoms with Crippen LogP contribution in [0.2, 0.25) is 5.02 Å². The molecule has 74 valence electrons. The predicted molar refractivity (Wildman–Crippen MR) is 61.4 cm³/mol. The van der Waals surface area contributed by atoms with Crippen molar-refractivity contribution in [2.24, 2.45) is 5.92 Å². The number of halogens is 2. The zero-order valence-electron chi connectivity index (χ0n) is 7.55. The van der Waals surface area contributed by atoms with E-state index in [-0.39, 0.29) is 6.10 Å². The van der Waals surface area contributed by atoms with E-state index in [0.29, 0.717) is 10.9 Å². The average Bonchev–Trinajstić information content (AvgIpc) is 2.31. The van der Waals surface area contributed by atoms with Gasteiger partial charge in [0.05, 0.1) is 14.9 Å². The molecule has 1 atom stereocenters. The fraction of sp³-hybridized carbons (Fsp3) is 0.556. The van der Waals surface area contributed by atoms with Gasteiger partial charge in [0.15, 0.2) is 0 Å². The van der Waals surface area contributed by atoms with Crippen LogP contribution in [-0.2, 0) is 0 Å². The van der Waals surface area contributed by atoms with Gasteiger partial charge in [-0.15, -0.1) is 11.3 Å². The molecule has 0 spiro atoms. The maximum absolute atomic E-state index is 9.76. The van der Waals surface area contributed by atoms with Crippen molar-refractivity contribution in [1.82, 2.24) is 0 Å². The minimum absolute atomic E-state index is 0.381. The fourth-order valence-electron chi connectivity index (χ4n) is 1.09. The molecule has 1 heterocycles. The van der Waals surface area contributed by atoms with Gasteiger partial charge in [-0.2, -0.15) is 0 Å². The van der Waals surface area contributed by atoms with E-state index in [1.807, 2.05) is 6.07 Å². The maximum atomic E-state index is 9.76. The van der Waals surface area contributed by atoms with Crippen LogP contribution < -0.4 is 0 Å². The minimum atomic E-state index is -0.381. The molecule has 0 fully saturated rings. The first-order valence-corrected chi connectivity index (χ1v) is 6.12. The molecule has 0 saturated heterocycles. The van der Waals surface area contributed by atoms with Gasteiger partial charge in [0, 0.05) is 4.88 Å². The van der Waals surface area contributed by atoms with Crippen molar-refractivity contribution < 1.29 is 5.11 Å². The van der Waals surface area contributed by atoms with Gasteiger partial charge in [0.1, 0.15) is 0 Å². The lowest BCUT2D eigenvalue weighted by atomic mass is 10.1. The molecule has 1 rings (SSSR count). The van der Waals surface area contributed by atoms with Gasteiger partial charge in [-0.3, -0.25) is 0 Å². The third kappa shape index (κ3) is 3.24. The maximum Gasteiger partial charge on any atom is 0.0888 e. The first kappa shape index (κ1) is 11.5. The molecule has 0 aliphatic carbocycles. The van der Waals surface area contributed by atoms with E-state index in [1.54, 1.807) is 0 Å². The first-order chi connectivity index (χ1) is 6.00. The highest BCUT2D eigenvalue weighted by molar-refractivity contribution is 9.11. The third-order valence-electron chi connectivity index (χ3n) is 1.69. The molecule has 0 saturated carbocycles. The largest absolute Gasteiger partial charge is 0.388 e. The van der Waals surface area contributed by atoms with E-state index in [1.165, 1.54) is 11.3 Å². The molecule has 13 heavy (non-hydrogen) atoms. The van der Waals surface area contributed by atoms with Gasteiger partial charge in [0.25, 0.3) is 0 Å². The lowest BCUT2D eigenvalue weighted by molar-refractivity contribution is 0.154. The number of rotatable bonds is 3. The van der Waals surface area contributed by atoms with Crippen molar-refractivity contribution in [3.8, 4) is 0 Å². The van der Waals surface area contributed by atoms with Crippen molar-refractivity contribution >= 4 is 38.9 Å². The predicted octanol–water partition coefficient (Wildman–Crippen LogP) is 4.24. The van der Waals surface area contributed by atoms with Crippen LogP contribution >= 0.6 is 38.9 Å². The summed E-state index contributed by atoms with van der Waals surface area (Å²) in [6.07, 6.45) is 0.400. The summed E-state index contributed by atoms with van der Waals surface area (Å²) in [6.45, 7) is 4.18. The Morgan fingerprint density at radius 1 is 1.62 bits per heavy atom. The number of thiophene rings is 1. The SMILES string of the molecule is CC(C)CC(O)c1cc(Cl)c(Br)s1. The van der Waals surface area contributed by atoms with E-state index < -0.39 is 0 Å². The molecular weight excluding hydrogens is 272 g/mol. The summed E-state index contributed by atoms with van der Waals surface area (Å²) in [4.78, 5) is 0.936. The second kappa shape index (κ2) is 4.78. The summed E-state index contributed by atoms with van der Waals surface area (Å²) in [5.41, 5.74) is 0. The Morgan fingerprint density at radius 3 is 2.62 bits per heavy atom. The molecule has 0 aliphatic rings. The van der Waals surface area contributed by atoms with E-state index >= 15 is 0 Å². The van der Waals surface area contributed by atoms with Crippen molar-refractivity contribution in [2.45, 2.75) is 26.4 Å². The molecule has 0 aromatic carbocycles. The summed E-state index contributed by atoms with van der Waals surface area (Å²) in [6, 6.07) is 1.82. The van der Waals surface area contributed by atoms with Crippen LogP contribution in [0.3, 0.4) is 0 Å². The van der Waals surface area contributed by atoms with Crippen LogP contribution in [0.15, 0.2) is 9.85 Å². The van der Waals surface area contributed by atoms with Gasteiger partial charge in [-0.25, -0.2) is 0 Å². The third-order valence-corrected chi connectivity index (χ3v) is 4.26. The Kier molecular flexibility index (Phi) is 4.23. The Balaban J connectivity index is 2.71. The molecule has 0 aliphatic heterocycles. The van der Waals surface area contributed by atoms with Gasteiger partial charge in [-0.1, -0.05) is 25.4 Å². The second-order valence-corrected chi connectivity index (χ2v) is 6.22. The highest BCUT2D eigenvalue weighted by Crippen LogP contribution is 2.36. The monoisotopic (exact) mass is 282 g/mol. The molecule has 1 nitrogen and oxygen atoms in total. The molecule has 0 amide bonds. The molecule has 0 bridgehead atoms. The zero-order chi connectivity index (χ0) is 10.0. The topological polar surface area (TPSA) is 20.2 Å². The van der Waals surface area contributed by atoms with Crippen LogP contribution in [0.1, 0.15) is 31.2 Å². The molecule has 1 N–H and O–H groups in total. The van der Waals surface area contributed by atoms with Crippen LogP contribution in [0.5, 0.6) is 0 Å². The minimum Gasteiger partial charge on any atom is -0.388 e. The first-order valence-electron chi connectivity index (χ1n) is 4.13. The second-order valence-electron chi connectivity index (χ2n) is 3.42. The Bertz CT molecular complexity index is 266. The number of aliphatic hydroxyl groups excluding tert-OH is 1.